The van der Waals surface area contributed by atoms with Crippen molar-refractivity contribution in [1.82, 2.24) is 4.98 Å². The Labute approximate surface area is 131 Å². The Bertz CT molecular complexity index is 702. The van der Waals surface area contributed by atoms with Gasteiger partial charge in [0.2, 0.25) is 0 Å². The highest BCUT2D eigenvalue weighted by atomic mass is 35.5. The second kappa shape index (κ2) is 5.42. The van der Waals surface area contributed by atoms with Crippen molar-refractivity contribution >= 4 is 29.0 Å². The molecule has 0 saturated heterocycles. The van der Waals surface area contributed by atoms with Gasteiger partial charge in [0.1, 0.15) is 17.5 Å². The van der Waals surface area contributed by atoms with Gasteiger partial charge in [-0.1, -0.05) is 29.3 Å². The third-order valence-electron chi connectivity index (χ3n) is 3.28. The van der Waals surface area contributed by atoms with Crippen LogP contribution in [0.1, 0.15) is 23.1 Å². The molecule has 1 aromatic heterocycles. The van der Waals surface area contributed by atoms with Crippen molar-refractivity contribution in [3.63, 3.8) is 0 Å². The third-order valence-corrected chi connectivity index (χ3v) is 4.00. The number of hydrazone groups is 1. The van der Waals surface area contributed by atoms with Gasteiger partial charge in [0, 0.05) is 12.5 Å². The van der Waals surface area contributed by atoms with E-state index in [0.29, 0.717) is 22.2 Å². The Balaban J connectivity index is 1.91. The first-order valence-corrected chi connectivity index (χ1v) is 6.99. The lowest BCUT2D eigenvalue weighted by atomic mass is 10.1. The van der Waals surface area contributed by atoms with Crippen LogP contribution in [0.4, 0.5) is 0 Å². The number of benzene rings is 1. The van der Waals surface area contributed by atoms with Crippen molar-refractivity contribution in [2.75, 3.05) is 0 Å². The predicted octanol–water partition coefficient (Wildman–Crippen LogP) is 2.64. The summed E-state index contributed by atoms with van der Waals surface area (Å²) in [6, 6.07) is 8.98. The van der Waals surface area contributed by atoms with E-state index >= 15 is 0 Å². The lowest BCUT2D eigenvalue weighted by Gasteiger charge is -2.11. The lowest BCUT2D eigenvalue weighted by Crippen LogP contribution is -2.18. The van der Waals surface area contributed by atoms with E-state index in [9.17, 15) is 0 Å². The van der Waals surface area contributed by atoms with Gasteiger partial charge in [-0.25, -0.2) is 4.98 Å². The van der Waals surface area contributed by atoms with Gasteiger partial charge < -0.3 is 16.3 Å². The van der Waals surface area contributed by atoms with E-state index < -0.39 is 0 Å². The van der Waals surface area contributed by atoms with Crippen molar-refractivity contribution < 1.29 is 4.74 Å². The summed E-state index contributed by atoms with van der Waals surface area (Å²) in [5.74, 6) is 6.08. The Morgan fingerprint density at radius 2 is 2.05 bits per heavy atom. The van der Waals surface area contributed by atoms with Crippen LogP contribution >= 0.6 is 23.2 Å². The number of hydrogen-bond donors (Lipinski definition) is 2. The first-order valence-electron chi connectivity index (χ1n) is 6.23. The van der Waals surface area contributed by atoms with Crippen LogP contribution in [0.15, 0.2) is 35.4 Å². The zero-order valence-electron chi connectivity index (χ0n) is 10.9. The molecule has 2 heterocycles. The van der Waals surface area contributed by atoms with Crippen molar-refractivity contribution in [2.45, 2.75) is 12.5 Å². The average molecular weight is 323 g/mol. The maximum Gasteiger partial charge on any atom is 0.168 e. The molecule has 4 N–H and O–H groups in total. The van der Waals surface area contributed by atoms with Crippen LogP contribution in [0.25, 0.3) is 0 Å². The minimum absolute atomic E-state index is 0.179. The largest absolute Gasteiger partial charge is 0.483 e. The molecule has 7 heteroatoms. The van der Waals surface area contributed by atoms with E-state index in [4.69, 9.17) is 39.5 Å². The van der Waals surface area contributed by atoms with Gasteiger partial charge in [-0.2, -0.15) is 5.10 Å². The molecule has 1 atom stereocenters. The molecule has 5 nitrogen and oxygen atoms in total. The minimum Gasteiger partial charge on any atom is -0.483 e. The molecular weight excluding hydrogens is 311 g/mol. The summed E-state index contributed by atoms with van der Waals surface area (Å²) < 4.78 is 5.88. The summed E-state index contributed by atoms with van der Waals surface area (Å²) in [5.41, 5.74) is 7.95. The first kappa shape index (κ1) is 14.0. The number of rotatable bonds is 2. The molecule has 0 aliphatic carbocycles. The third kappa shape index (κ3) is 2.62. The molecule has 1 aliphatic rings. The summed E-state index contributed by atoms with van der Waals surface area (Å²) in [5, 5.41) is 4.43. The van der Waals surface area contributed by atoms with E-state index in [1.807, 2.05) is 18.2 Å². The number of amidine groups is 1. The van der Waals surface area contributed by atoms with E-state index in [1.54, 1.807) is 12.1 Å². The second-order valence-corrected chi connectivity index (χ2v) is 5.46. The number of halogens is 2. The molecule has 1 aromatic carbocycles. The number of hydrogen-bond acceptors (Lipinski definition) is 4. The summed E-state index contributed by atoms with van der Waals surface area (Å²) in [6.07, 6.45) is 0.461. The predicted molar refractivity (Wildman–Crippen MR) is 82.7 cm³/mol. The van der Waals surface area contributed by atoms with Crippen LogP contribution in [0, 0.1) is 0 Å². The van der Waals surface area contributed by atoms with Crippen molar-refractivity contribution in [1.29, 1.82) is 0 Å². The van der Waals surface area contributed by atoms with Crippen molar-refractivity contribution in [2.24, 2.45) is 16.7 Å². The van der Waals surface area contributed by atoms with Gasteiger partial charge >= 0.3 is 0 Å². The van der Waals surface area contributed by atoms with Gasteiger partial charge in [-0.3, -0.25) is 0 Å². The molecule has 2 aromatic rings. The van der Waals surface area contributed by atoms with Crippen LogP contribution in [0.5, 0.6) is 5.75 Å². The van der Waals surface area contributed by atoms with Crippen LogP contribution in [0.2, 0.25) is 10.0 Å². The summed E-state index contributed by atoms with van der Waals surface area (Å²) >= 11 is 12.0. The van der Waals surface area contributed by atoms with Gasteiger partial charge in [-0.05, 0) is 23.8 Å². The fraction of sp³-hybridized carbons (Fsp3) is 0.143. The Hall–Kier alpha value is -1.98. The van der Waals surface area contributed by atoms with Crippen LogP contribution in [-0.4, -0.2) is 10.8 Å². The zero-order valence-corrected chi connectivity index (χ0v) is 12.4. The Morgan fingerprint density at radius 3 is 2.81 bits per heavy atom. The Kier molecular flexibility index (Phi) is 3.61. The van der Waals surface area contributed by atoms with Gasteiger partial charge in [0.15, 0.2) is 5.84 Å². The minimum atomic E-state index is -0.208. The second-order valence-electron chi connectivity index (χ2n) is 4.65. The van der Waals surface area contributed by atoms with Gasteiger partial charge in [0.05, 0.1) is 15.7 Å². The average Bonchev–Trinajstić information content (AvgIpc) is 2.90. The van der Waals surface area contributed by atoms with E-state index in [0.717, 1.165) is 17.0 Å². The number of nitrogens with zero attached hydrogens (tertiary/aromatic N) is 2. The fourth-order valence-electron chi connectivity index (χ4n) is 2.24. The molecule has 1 aliphatic heterocycles. The molecule has 1 unspecified atom stereocenters. The number of ether oxygens (including phenoxy) is 1. The molecule has 3 rings (SSSR count). The summed E-state index contributed by atoms with van der Waals surface area (Å²) in [7, 11) is 0. The molecule has 21 heavy (non-hydrogen) atoms. The first-order chi connectivity index (χ1) is 10.1. The highest BCUT2D eigenvalue weighted by Crippen LogP contribution is 2.40. The number of fused-ring (bicyclic) bond motifs is 1. The van der Waals surface area contributed by atoms with Crippen molar-refractivity contribution in [3.8, 4) is 5.75 Å². The summed E-state index contributed by atoms with van der Waals surface area (Å²) in [6.45, 7) is 0. The standard InChI is InChI=1S/C14H12Cl2N4O/c15-8-4-7-5-13(21-12(7)6-9(8)16)10-2-1-3-11(19-10)14(17)20-18/h1-4,6,13H,5,18H2,(H2,17,20). The fourth-order valence-corrected chi connectivity index (χ4v) is 2.58. The Morgan fingerprint density at radius 1 is 1.29 bits per heavy atom. The van der Waals surface area contributed by atoms with Gasteiger partial charge in [0.25, 0.3) is 0 Å². The SMILES string of the molecule is N/N=C(\N)c1cccc(C2Cc3cc(Cl)c(Cl)cc3O2)n1. The van der Waals surface area contributed by atoms with E-state index in [2.05, 4.69) is 10.1 Å². The van der Waals surface area contributed by atoms with Gasteiger partial charge in [-0.15, -0.1) is 0 Å². The van der Waals surface area contributed by atoms with E-state index in [-0.39, 0.29) is 11.9 Å². The lowest BCUT2D eigenvalue weighted by molar-refractivity contribution is 0.233. The smallest absolute Gasteiger partial charge is 0.168 e. The molecule has 0 spiro atoms. The zero-order chi connectivity index (χ0) is 15.0. The molecule has 0 bridgehead atoms. The maximum atomic E-state index is 6.02. The topological polar surface area (TPSA) is 86.5 Å². The highest BCUT2D eigenvalue weighted by molar-refractivity contribution is 6.42. The quantitative estimate of drug-likeness (QED) is 0.385. The normalized spacial score (nSPS) is 17.4. The molecule has 0 radical (unpaired) electrons. The molecule has 108 valence electrons. The monoisotopic (exact) mass is 322 g/mol. The number of aromatic nitrogens is 1. The molecule has 0 fully saturated rings. The molecular formula is C14H12Cl2N4O. The highest BCUT2D eigenvalue weighted by Gasteiger charge is 2.26. The number of nitrogens with two attached hydrogens (primary N) is 2. The number of pyridine rings is 1. The van der Waals surface area contributed by atoms with E-state index in [1.165, 1.54) is 0 Å². The van der Waals surface area contributed by atoms with Crippen LogP contribution in [-0.2, 0) is 6.42 Å². The molecule has 0 amide bonds. The van der Waals surface area contributed by atoms with Crippen LogP contribution in [0.3, 0.4) is 0 Å². The maximum absolute atomic E-state index is 6.02. The van der Waals surface area contributed by atoms with Crippen molar-refractivity contribution in [3.05, 3.63) is 57.3 Å². The molecule has 0 saturated carbocycles. The summed E-state index contributed by atoms with van der Waals surface area (Å²) in [4.78, 5) is 4.43. The van der Waals surface area contributed by atoms with Crippen LogP contribution < -0.4 is 16.3 Å².